The maximum atomic E-state index is 14.4. The summed E-state index contributed by atoms with van der Waals surface area (Å²) in [5, 5.41) is 0. The third-order valence-corrected chi connectivity index (χ3v) is 5.09. The topological polar surface area (TPSA) is 57.1 Å². The van der Waals surface area contributed by atoms with Gasteiger partial charge in [-0.3, -0.25) is 4.98 Å². The van der Waals surface area contributed by atoms with E-state index < -0.39 is 23.5 Å². The molecule has 0 amide bonds. The Balaban J connectivity index is 1.67. The minimum absolute atomic E-state index is 0.112. The zero-order chi connectivity index (χ0) is 21.4. The average molecular weight is 419 g/mol. The largest absolute Gasteiger partial charge is 0.573 e. The van der Waals surface area contributed by atoms with Crippen LogP contribution in [0.25, 0.3) is 11.1 Å². The van der Waals surface area contributed by atoms with Crippen molar-refractivity contribution in [1.29, 1.82) is 0 Å². The van der Waals surface area contributed by atoms with Crippen molar-refractivity contribution >= 4 is 0 Å². The maximum Gasteiger partial charge on any atom is 0.573 e. The van der Waals surface area contributed by atoms with Gasteiger partial charge < -0.3 is 9.47 Å². The summed E-state index contributed by atoms with van der Waals surface area (Å²) in [7, 11) is 1.60. The first-order valence-corrected chi connectivity index (χ1v) is 9.16. The van der Waals surface area contributed by atoms with Gasteiger partial charge in [-0.15, -0.1) is 13.2 Å². The quantitative estimate of drug-likeness (QED) is 0.534. The van der Waals surface area contributed by atoms with Crippen molar-refractivity contribution in [2.24, 2.45) is 5.92 Å². The monoisotopic (exact) mass is 419 g/mol. The summed E-state index contributed by atoms with van der Waals surface area (Å²) in [5.74, 6) is -1.25. The molecule has 0 aliphatic heterocycles. The van der Waals surface area contributed by atoms with Crippen molar-refractivity contribution in [2.75, 3.05) is 7.11 Å². The number of alkyl halides is 3. The van der Waals surface area contributed by atoms with E-state index in [9.17, 15) is 17.6 Å². The smallest absolute Gasteiger partial charge is 0.406 e. The number of benzene rings is 1. The van der Waals surface area contributed by atoms with Crippen LogP contribution in [0.4, 0.5) is 17.6 Å². The van der Waals surface area contributed by atoms with Gasteiger partial charge in [0.2, 0.25) is 0 Å². The fourth-order valence-electron chi connectivity index (χ4n) is 3.66. The minimum atomic E-state index is -4.88. The zero-order valence-electron chi connectivity index (χ0n) is 15.9. The summed E-state index contributed by atoms with van der Waals surface area (Å²) in [5.41, 5.74) is 1.11. The lowest BCUT2D eigenvalue weighted by Crippen LogP contribution is -2.34. The molecule has 9 heteroatoms. The Kier molecular flexibility index (Phi) is 5.15. The number of rotatable bonds is 6. The molecule has 1 aliphatic carbocycles. The number of aromatic nitrogens is 3. The van der Waals surface area contributed by atoms with Crippen molar-refractivity contribution < 1.29 is 27.0 Å². The molecule has 1 fully saturated rings. The minimum Gasteiger partial charge on any atom is -0.406 e. The number of hydrogen-bond acceptors (Lipinski definition) is 5. The predicted molar refractivity (Wildman–Crippen MR) is 98.9 cm³/mol. The normalized spacial score (nSPS) is 16.2. The van der Waals surface area contributed by atoms with Gasteiger partial charge in [-0.05, 0) is 37.0 Å². The summed E-state index contributed by atoms with van der Waals surface area (Å²) in [6.07, 6.45) is 3.31. The van der Waals surface area contributed by atoms with Crippen molar-refractivity contribution in [2.45, 2.75) is 24.8 Å². The van der Waals surface area contributed by atoms with Crippen LogP contribution in [0.5, 0.6) is 5.75 Å². The number of hydrogen-bond donors (Lipinski definition) is 0. The molecule has 1 atom stereocenters. The van der Waals surface area contributed by atoms with Crippen LogP contribution < -0.4 is 4.74 Å². The molecular weight excluding hydrogens is 402 g/mol. The molecule has 156 valence electrons. The molecule has 30 heavy (non-hydrogen) atoms. The summed E-state index contributed by atoms with van der Waals surface area (Å²) in [4.78, 5) is 12.7. The van der Waals surface area contributed by atoms with E-state index in [1.54, 1.807) is 31.6 Å². The number of nitrogens with zero attached hydrogens (tertiary/aromatic N) is 3. The maximum absolute atomic E-state index is 14.4. The molecule has 2 heterocycles. The number of halogens is 4. The molecule has 1 aliphatic rings. The molecule has 0 bridgehead atoms. The van der Waals surface area contributed by atoms with Crippen molar-refractivity contribution in [3.63, 3.8) is 0 Å². The second kappa shape index (κ2) is 7.64. The summed E-state index contributed by atoms with van der Waals surface area (Å²) in [6, 6.07) is 6.36. The van der Waals surface area contributed by atoms with E-state index in [0.717, 1.165) is 24.5 Å². The number of methoxy groups -OCH3 is 1. The molecule has 0 N–H and O–H groups in total. The van der Waals surface area contributed by atoms with Gasteiger partial charge in [0, 0.05) is 48.5 Å². The van der Waals surface area contributed by atoms with Gasteiger partial charge in [0.15, 0.2) is 0 Å². The van der Waals surface area contributed by atoms with Crippen LogP contribution >= 0.6 is 0 Å². The zero-order valence-corrected chi connectivity index (χ0v) is 15.9. The third kappa shape index (κ3) is 3.85. The summed E-state index contributed by atoms with van der Waals surface area (Å²) in [6.45, 7) is 0. The molecule has 1 unspecified atom stereocenters. The van der Waals surface area contributed by atoms with Crippen LogP contribution in [-0.4, -0.2) is 28.4 Å². The average Bonchev–Trinajstić information content (AvgIpc) is 3.55. The Morgan fingerprint density at radius 2 is 1.73 bits per heavy atom. The van der Waals surface area contributed by atoms with Crippen molar-refractivity contribution in [3.05, 3.63) is 72.3 Å². The van der Waals surface area contributed by atoms with Gasteiger partial charge in [0.25, 0.3) is 0 Å². The first-order chi connectivity index (χ1) is 14.3. The third-order valence-electron chi connectivity index (χ3n) is 5.09. The second-order valence-corrected chi connectivity index (χ2v) is 6.96. The molecular formula is C21H17F4N3O2. The summed E-state index contributed by atoms with van der Waals surface area (Å²) >= 11 is 0. The molecule has 2 aromatic heterocycles. The van der Waals surface area contributed by atoms with E-state index >= 15 is 0 Å². The molecule has 1 saturated carbocycles. The Bertz CT molecular complexity index is 1020. The van der Waals surface area contributed by atoms with Gasteiger partial charge in [0.05, 0.1) is 5.69 Å². The molecule has 5 nitrogen and oxygen atoms in total. The number of pyridine rings is 1. The van der Waals surface area contributed by atoms with Gasteiger partial charge in [-0.2, -0.15) is 0 Å². The number of ether oxygens (including phenoxy) is 2. The highest BCUT2D eigenvalue weighted by atomic mass is 19.4. The lowest BCUT2D eigenvalue weighted by molar-refractivity contribution is -0.274. The summed E-state index contributed by atoms with van der Waals surface area (Å²) < 4.78 is 61.0. The Hall–Kier alpha value is -3.07. The van der Waals surface area contributed by atoms with Crippen molar-refractivity contribution in [1.82, 2.24) is 15.0 Å². The van der Waals surface area contributed by atoms with Crippen LogP contribution in [0.1, 0.15) is 24.1 Å². The van der Waals surface area contributed by atoms with E-state index in [1.165, 1.54) is 18.6 Å². The van der Waals surface area contributed by atoms with Crippen LogP contribution in [0.2, 0.25) is 0 Å². The molecule has 4 rings (SSSR count). The van der Waals surface area contributed by atoms with E-state index in [2.05, 4.69) is 19.7 Å². The standard InChI is InChI=1S/C21H17F4N3O2/c1-29-20(14-3-4-14,15-10-26-12-27-11-15)19-7-2-13(9-28-19)17-6-5-16(8-18(17)22)30-21(23,24)25/h2,5-12,14H,3-4H2,1H3. The van der Waals surface area contributed by atoms with E-state index in [4.69, 9.17) is 4.74 Å². The Morgan fingerprint density at radius 3 is 2.27 bits per heavy atom. The van der Waals surface area contributed by atoms with Crippen LogP contribution in [0, 0.1) is 11.7 Å². The Morgan fingerprint density at radius 1 is 1.00 bits per heavy atom. The highest BCUT2D eigenvalue weighted by Gasteiger charge is 2.50. The lowest BCUT2D eigenvalue weighted by Gasteiger charge is -2.32. The van der Waals surface area contributed by atoms with E-state index in [-0.39, 0.29) is 11.5 Å². The van der Waals surface area contributed by atoms with Crippen molar-refractivity contribution in [3.8, 4) is 16.9 Å². The molecule has 0 spiro atoms. The fourth-order valence-corrected chi connectivity index (χ4v) is 3.66. The van der Waals surface area contributed by atoms with E-state index in [1.807, 2.05) is 0 Å². The molecule has 1 aromatic carbocycles. The van der Waals surface area contributed by atoms with Crippen LogP contribution in [0.15, 0.2) is 55.2 Å². The van der Waals surface area contributed by atoms with Gasteiger partial charge >= 0.3 is 6.36 Å². The van der Waals surface area contributed by atoms with E-state index in [0.29, 0.717) is 17.3 Å². The van der Waals surface area contributed by atoms with Gasteiger partial charge in [-0.1, -0.05) is 6.07 Å². The van der Waals surface area contributed by atoms with Gasteiger partial charge in [-0.25, -0.2) is 14.4 Å². The highest BCUT2D eigenvalue weighted by Crippen LogP contribution is 2.51. The van der Waals surface area contributed by atoms with Gasteiger partial charge in [0.1, 0.15) is 23.5 Å². The lowest BCUT2D eigenvalue weighted by atomic mass is 9.86. The predicted octanol–water partition coefficient (Wildman–Crippen LogP) is 4.88. The molecule has 3 aromatic rings. The Labute approximate surface area is 169 Å². The highest BCUT2D eigenvalue weighted by molar-refractivity contribution is 5.64. The SMILES string of the molecule is COC(c1cncnc1)(c1ccc(-c2ccc(OC(F)(F)F)cc2F)cn1)C1CC1. The fraction of sp³-hybridized carbons (Fsp3) is 0.286. The molecule has 0 radical (unpaired) electrons. The first kappa shape index (κ1) is 20.2. The molecule has 0 saturated heterocycles. The van der Waals surface area contributed by atoms with Crippen LogP contribution in [0.3, 0.4) is 0 Å². The van der Waals surface area contributed by atoms with Crippen LogP contribution in [-0.2, 0) is 10.3 Å². The second-order valence-electron chi connectivity index (χ2n) is 6.96. The first-order valence-electron chi connectivity index (χ1n) is 9.16.